The number of carbonyl (C=O) groups excluding carboxylic acids is 1. The number of nitrogens with zero attached hydrogens (tertiary/aromatic N) is 3. The van der Waals surface area contributed by atoms with Crippen molar-refractivity contribution in [3.8, 4) is 11.4 Å². The number of rotatable bonds is 6. The van der Waals surface area contributed by atoms with E-state index in [4.69, 9.17) is 9.47 Å². The molecule has 1 atom stereocenters. The summed E-state index contributed by atoms with van der Waals surface area (Å²) in [6.07, 6.45) is 4.30. The van der Waals surface area contributed by atoms with E-state index in [1.165, 1.54) is 0 Å². The van der Waals surface area contributed by atoms with Gasteiger partial charge in [0.15, 0.2) is 5.69 Å². The molecule has 1 aromatic carbocycles. The largest absolute Gasteiger partial charge is 0.497 e. The molecule has 1 aliphatic carbocycles. The van der Waals surface area contributed by atoms with Crippen molar-refractivity contribution in [2.45, 2.75) is 37.7 Å². The Morgan fingerprint density at radius 3 is 2.76 bits per heavy atom. The molecule has 132 valence electrons. The molecule has 0 unspecified atom stereocenters. The van der Waals surface area contributed by atoms with Crippen molar-refractivity contribution in [2.24, 2.45) is 0 Å². The van der Waals surface area contributed by atoms with Crippen LogP contribution in [0.15, 0.2) is 24.3 Å². The molecule has 7 heteroatoms. The Kier molecular flexibility index (Phi) is 4.40. The van der Waals surface area contributed by atoms with E-state index in [-0.39, 0.29) is 12.0 Å². The second-order valence-electron chi connectivity index (χ2n) is 6.55. The zero-order valence-electron chi connectivity index (χ0n) is 14.3. The van der Waals surface area contributed by atoms with Crippen molar-refractivity contribution < 1.29 is 14.3 Å². The van der Waals surface area contributed by atoms with Gasteiger partial charge in [-0.05, 0) is 49.9 Å². The fourth-order valence-electron chi connectivity index (χ4n) is 3.18. The van der Waals surface area contributed by atoms with Crippen molar-refractivity contribution in [1.29, 1.82) is 0 Å². The van der Waals surface area contributed by atoms with E-state index >= 15 is 0 Å². The van der Waals surface area contributed by atoms with E-state index < -0.39 is 0 Å². The van der Waals surface area contributed by atoms with Gasteiger partial charge in [0.2, 0.25) is 0 Å². The first-order valence-corrected chi connectivity index (χ1v) is 8.76. The molecule has 1 aromatic heterocycles. The molecule has 25 heavy (non-hydrogen) atoms. The second kappa shape index (κ2) is 6.84. The van der Waals surface area contributed by atoms with Crippen LogP contribution in [0.2, 0.25) is 0 Å². The van der Waals surface area contributed by atoms with Crippen LogP contribution >= 0.6 is 0 Å². The lowest BCUT2D eigenvalue weighted by Gasteiger charge is -2.11. The molecule has 2 aliphatic rings. The van der Waals surface area contributed by atoms with Crippen LogP contribution in [0.4, 0.5) is 0 Å². The highest BCUT2D eigenvalue weighted by Crippen LogP contribution is 2.42. The summed E-state index contributed by atoms with van der Waals surface area (Å²) in [7, 11) is 1.64. The first-order chi connectivity index (χ1) is 12.3. The fraction of sp³-hybridized carbons (Fsp3) is 0.500. The van der Waals surface area contributed by atoms with Gasteiger partial charge in [0.1, 0.15) is 5.75 Å². The van der Waals surface area contributed by atoms with Crippen molar-refractivity contribution >= 4 is 5.91 Å². The first kappa shape index (κ1) is 16.1. The SMILES string of the molecule is COc1ccc(-n2nnc(C(=O)NC[C@@H]3CCCO3)c2C2CC2)cc1. The highest BCUT2D eigenvalue weighted by Gasteiger charge is 2.34. The number of aromatic nitrogens is 3. The van der Waals surface area contributed by atoms with Crippen LogP contribution < -0.4 is 10.1 Å². The molecular formula is C18H22N4O3. The maximum atomic E-state index is 12.6. The van der Waals surface area contributed by atoms with Crippen LogP contribution in [-0.4, -0.2) is 47.3 Å². The molecule has 2 aromatic rings. The number of hydrogen-bond donors (Lipinski definition) is 1. The number of amides is 1. The predicted octanol–water partition coefficient (Wildman–Crippen LogP) is 2.06. The van der Waals surface area contributed by atoms with Crippen molar-refractivity contribution in [3.05, 3.63) is 35.7 Å². The minimum absolute atomic E-state index is 0.116. The van der Waals surface area contributed by atoms with Crippen molar-refractivity contribution in [3.63, 3.8) is 0 Å². The van der Waals surface area contributed by atoms with E-state index in [9.17, 15) is 4.79 Å². The highest BCUT2D eigenvalue weighted by atomic mass is 16.5. The number of carbonyl (C=O) groups is 1. The number of methoxy groups -OCH3 is 1. The molecule has 1 saturated carbocycles. The second-order valence-corrected chi connectivity index (χ2v) is 6.55. The van der Waals surface area contributed by atoms with Crippen LogP contribution in [0.25, 0.3) is 5.69 Å². The summed E-state index contributed by atoms with van der Waals surface area (Å²) in [4.78, 5) is 12.6. The lowest BCUT2D eigenvalue weighted by molar-refractivity contribution is 0.0853. The Bertz CT molecular complexity index is 746. The molecule has 7 nitrogen and oxygen atoms in total. The van der Waals surface area contributed by atoms with Gasteiger partial charge in [-0.1, -0.05) is 5.21 Å². The zero-order valence-corrected chi connectivity index (χ0v) is 14.3. The topological polar surface area (TPSA) is 78.3 Å². The van der Waals surface area contributed by atoms with Crippen LogP contribution in [-0.2, 0) is 4.74 Å². The molecule has 4 rings (SSSR count). The molecular weight excluding hydrogens is 320 g/mol. The number of nitrogens with one attached hydrogen (secondary N) is 1. The van der Waals surface area contributed by atoms with Crippen LogP contribution in [0, 0.1) is 0 Å². The molecule has 1 saturated heterocycles. The van der Waals surface area contributed by atoms with E-state index in [1.807, 2.05) is 24.3 Å². The standard InChI is InChI=1S/C18H22N4O3/c1-24-14-8-6-13(7-9-14)22-17(12-4-5-12)16(20-21-22)18(23)19-11-15-3-2-10-25-15/h6-9,12,15H,2-5,10-11H2,1H3,(H,19,23)/t15-/m0/s1. The molecule has 1 aliphatic heterocycles. The number of hydrogen-bond acceptors (Lipinski definition) is 5. The molecule has 1 amide bonds. The Balaban J connectivity index is 1.55. The average Bonchev–Trinajstić information content (AvgIpc) is 3.18. The van der Waals surface area contributed by atoms with E-state index in [0.717, 1.165) is 49.4 Å². The summed E-state index contributed by atoms with van der Waals surface area (Å²) in [5.41, 5.74) is 2.21. The van der Waals surface area contributed by atoms with Gasteiger partial charge in [0, 0.05) is 19.1 Å². The molecule has 2 heterocycles. The van der Waals surface area contributed by atoms with Crippen molar-refractivity contribution in [2.75, 3.05) is 20.3 Å². The Hall–Kier alpha value is -2.41. The molecule has 0 radical (unpaired) electrons. The normalized spacial score (nSPS) is 19.8. The molecule has 0 spiro atoms. The summed E-state index contributed by atoms with van der Waals surface area (Å²) in [6, 6.07) is 7.61. The highest BCUT2D eigenvalue weighted by molar-refractivity contribution is 5.93. The minimum atomic E-state index is -0.169. The summed E-state index contributed by atoms with van der Waals surface area (Å²) >= 11 is 0. The van der Waals surface area contributed by atoms with Gasteiger partial charge in [-0.25, -0.2) is 4.68 Å². The van der Waals surface area contributed by atoms with Gasteiger partial charge in [0.25, 0.3) is 5.91 Å². The average molecular weight is 342 g/mol. The minimum Gasteiger partial charge on any atom is -0.497 e. The summed E-state index contributed by atoms with van der Waals surface area (Å²) in [5, 5.41) is 11.4. The quantitative estimate of drug-likeness (QED) is 0.869. The lowest BCUT2D eigenvalue weighted by Crippen LogP contribution is -2.32. The third kappa shape index (κ3) is 3.37. The van der Waals surface area contributed by atoms with Crippen LogP contribution in [0.3, 0.4) is 0 Å². The van der Waals surface area contributed by atoms with Crippen LogP contribution in [0.5, 0.6) is 5.75 Å². The Morgan fingerprint density at radius 1 is 1.32 bits per heavy atom. The Labute approximate surface area is 146 Å². The van der Waals surface area contributed by atoms with Gasteiger partial charge in [-0.15, -0.1) is 5.10 Å². The van der Waals surface area contributed by atoms with Gasteiger partial charge >= 0.3 is 0 Å². The van der Waals surface area contributed by atoms with E-state index in [1.54, 1.807) is 11.8 Å². The number of ether oxygens (including phenoxy) is 2. The lowest BCUT2D eigenvalue weighted by atomic mass is 10.2. The van der Waals surface area contributed by atoms with E-state index in [0.29, 0.717) is 18.2 Å². The predicted molar refractivity (Wildman–Crippen MR) is 91.2 cm³/mol. The van der Waals surface area contributed by atoms with Gasteiger partial charge in [-0.3, -0.25) is 4.79 Å². The molecule has 1 N–H and O–H groups in total. The van der Waals surface area contributed by atoms with Gasteiger partial charge in [-0.2, -0.15) is 0 Å². The monoisotopic (exact) mass is 342 g/mol. The first-order valence-electron chi connectivity index (χ1n) is 8.76. The van der Waals surface area contributed by atoms with Gasteiger partial charge < -0.3 is 14.8 Å². The third-order valence-corrected chi connectivity index (χ3v) is 4.72. The summed E-state index contributed by atoms with van der Waals surface area (Å²) < 4.78 is 12.5. The fourth-order valence-corrected chi connectivity index (χ4v) is 3.18. The maximum absolute atomic E-state index is 12.6. The molecule has 2 fully saturated rings. The van der Waals surface area contributed by atoms with Crippen LogP contribution in [0.1, 0.15) is 47.8 Å². The Morgan fingerprint density at radius 2 is 2.12 bits per heavy atom. The van der Waals surface area contributed by atoms with Gasteiger partial charge in [0.05, 0.1) is 24.6 Å². The summed E-state index contributed by atoms with van der Waals surface area (Å²) in [6.45, 7) is 1.31. The molecule has 0 bridgehead atoms. The maximum Gasteiger partial charge on any atom is 0.273 e. The zero-order chi connectivity index (χ0) is 17.2. The summed E-state index contributed by atoms with van der Waals surface area (Å²) in [5.74, 6) is 0.962. The smallest absolute Gasteiger partial charge is 0.273 e. The van der Waals surface area contributed by atoms with Crippen molar-refractivity contribution in [1.82, 2.24) is 20.3 Å². The third-order valence-electron chi connectivity index (χ3n) is 4.72. The number of benzene rings is 1. The van der Waals surface area contributed by atoms with E-state index in [2.05, 4.69) is 15.6 Å².